The molecule has 0 fully saturated rings. The molecule has 1 rings (SSSR count). The topological polar surface area (TPSA) is 63.3 Å². The quantitative estimate of drug-likeness (QED) is 0.807. The highest BCUT2D eigenvalue weighted by molar-refractivity contribution is 5.66. The van der Waals surface area contributed by atoms with Crippen molar-refractivity contribution in [3.63, 3.8) is 0 Å². The standard InChI is InChI=1S/C6H6.C4H9NO2.C2H6/c1-2-4-6-5-3-1;5-3-1-2-4(6)7;1-2/h1-6H;1-3,5H2,(H,6,7);1-2H3. The summed E-state index contributed by atoms with van der Waals surface area (Å²) in [7, 11) is 0. The van der Waals surface area contributed by atoms with E-state index in [0.29, 0.717) is 13.0 Å². The van der Waals surface area contributed by atoms with Crippen LogP contribution >= 0.6 is 0 Å². The van der Waals surface area contributed by atoms with Crippen LogP contribution in [0.15, 0.2) is 36.4 Å². The molecule has 3 N–H and O–H groups in total. The Labute approximate surface area is 91.9 Å². The van der Waals surface area contributed by atoms with Crippen LogP contribution in [-0.2, 0) is 4.79 Å². The summed E-state index contributed by atoms with van der Waals surface area (Å²) >= 11 is 0. The number of aliphatic carboxylic acids is 1. The molecular weight excluding hydrogens is 190 g/mol. The van der Waals surface area contributed by atoms with Gasteiger partial charge in [-0.05, 0) is 13.0 Å². The van der Waals surface area contributed by atoms with Crippen molar-refractivity contribution < 1.29 is 9.90 Å². The molecule has 0 spiro atoms. The van der Waals surface area contributed by atoms with Gasteiger partial charge in [0.05, 0.1) is 0 Å². The number of carboxylic acids is 1. The van der Waals surface area contributed by atoms with Gasteiger partial charge in [-0.1, -0.05) is 50.2 Å². The number of hydrogen-bond acceptors (Lipinski definition) is 2. The zero-order valence-corrected chi connectivity index (χ0v) is 9.52. The predicted octanol–water partition coefficient (Wildman–Crippen LogP) is 2.52. The first-order valence-corrected chi connectivity index (χ1v) is 5.19. The van der Waals surface area contributed by atoms with Crippen molar-refractivity contribution in [2.24, 2.45) is 5.73 Å². The molecule has 1 aromatic rings. The fraction of sp³-hybridized carbons (Fsp3) is 0.417. The zero-order valence-electron chi connectivity index (χ0n) is 9.52. The van der Waals surface area contributed by atoms with Gasteiger partial charge in [0.25, 0.3) is 0 Å². The van der Waals surface area contributed by atoms with E-state index in [1.54, 1.807) is 0 Å². The zero-order chi connectivity index (χ0) is 11.9. The molecule has 15 heavy (non-hydrogen) atoms. The number of hydrogen-bond donors (Lipinski definition) is 2. The van der Waals surface area contributed by atoms with Crippen LogP contribution in [-0.4, -0.2) is 17.6 Å². The highest BCUT2D eigenvalue weighted by atomic mass is 16.4. The Bertz CT molecular complexity index is 185. The lowest BCUT2D eigenvalue weighted by atomic mass is 10.3. The lowest BCUT2D eigenvalue weighted by Crippen LogP contribution is -2.02. The fourth-order valence-electron chi connectivity index (χ4n) is 0.638. The summed E-state index contributed by atoms with van der Waals surface area (Å²) in [6, 6.07) is 12.0. The van der Waals surface area contributed by atoms with Crippen LogP contribution in [0.3, 0.4) is 0 Å². The van der Waals surface area contributed by atoms with Crippen molar-refractivity contribution in [2.45, 2.75) is 26.7 Å². The number of rotatable bonds is 3. The van der Waals surface area contributed by atoms with E-state index in [9.17, 15) is 4.79 Å². The van der Waals surface area contributed by atoms with Crippen molar-refractivity contribution in [3.8, 4) is 0 Å². The molecule has 3 heteroatoms. The van der Waals surface area contributed by atoms with Gasteiger partial charge in [0, 0.05) is 6.42 Å². The maximum atomic E-state index is 9.70. The third-order valence-electron chi connectivity index (χ3n) is 1.26. The first-order valence-electron chi connectivity index (χ1n) is 5.19. The second-order valence-electron chi connectivity index (χ2n) is 2.44. The molecular formula is C12H21NO2. The third-order valence-corrected chi connectivity index (χ3v) is 1.26. The molecule has 3 nitrogen and oxygen atoms in total. The van der Waals surface area contributed by atoms with Crippen molar-refractivity contribution in [1.29, 1.82) is 0 Å². The number of nitrogens with two attached hydrogens (primary N) is 1. The van der Waals surface area contributed by atoms with Gasteiger partial charge in [-0.2, -0.15) is 0 Å². The minimum atomic E-state index is -0.773. The Balaban J connectivity index is 0. The van der Waals surface area contributed by atoms with Crippen LogP contribution < -0.4 is 5.73 Å². The van der Waals surface area contributed by atoms with Gasteiger partial charge < -0.3 is 10.8 Å². The van der Waals surface area contributed by atoms with Gasteiger partial charge in [0.2, 0.25) is 0 Å². The molecule has 86 valence electrons. The number of benzene rings is 1. The normalized spacial score (nSPS) is 7.67. The van der Waals surface area contributed by atoms with Crippen molar-refractivity contribution in [2.75, 3.05) is 6.54 Å². The van der Waals surface area contributed by atoms with Gasteiger partial charge >= 0.3 is 5.97 Å². The molecule has 1 aromatic carbocycles. The molecule has 0 aliphatic carbocycles. The van der Waals surface area contributed by atoms with E-state index in [4.69, 9.17) is 10.8 Å². The van der Waals surface area contributed by atoms with Gasteiger partial charge in [-0.25, -0.2) is 0 Å². The summed E-state index contributed by atoms with van der Waals surface area (Å²) in [5.74, 6) is -0.773. The summed E-state index contributed by atoms with van der Waals surface area (Å²) in [5, 5.41) is 7.99. The number of carboxylic acid groups (broad SMARTS) is 1. The van der Waals surface area contributed by atoms with E-state index in [1.807, 2.05) is 50.2 Å². The molecule has 0 saturated carbocycles. The Morgan fingerprint density at radius 3 is 1.53 bits per heavy atom. The van der Waals surface area contributed by atoms with Crippen LogP contribution in [0, 0.1) is 0 Å². The molecule has 0 unspecified atom stereocenters. The van der Waals surface area contributed by atoms with Crippen LogP contribution in [0.1, 0.15) is 26.7 Å². The molecule has 0 saturated heterocycles. The van der Waals surface area contributed by atoms with Crippen LogP contribution in [0.2, 0.25) is 0 Å². The maximum absolute atomic E-state index is 9.70. The van der Waals surface area contributed by atoms with E-state index in [2.05, 4.69) is 0 Å². The first kappa shape index (κ1) is 16.1. The minimum absolute atomic E-state index is 0.191. The number of carbonyl (C=O) groups is 1. The van der Waals surface area contributed by atoms with Crippen LogP contribution in [0.4, 0.5) is 0 Å². The van der Waals surface area contributed by atoms with E-state index >= 15 is 0 Å². The second kappa shape index (κ2) is 15.1. The summed E-state index contributed by atoms with van der Waals surface area (Å²) in [5.41, 5.74) is 5.01. The van der Waals surface area contributed by atoms with Crippen LogP contribution in [0.5, 0.6) is 0 Å². The van der Waals surface area contributed by atoms with Gasteiger partial charge in [0.15, 0.2) is 0 Å². The summed E-state index contributed by atoms with van der Waals surface area (Å²) in [6.07, 6.45) is 0.770. The fourth-order valence-corrected chi connectivity index (χ4v) is 0.638. The molecule has 0 aliphatic rings. The predicted molar refractivity (Wildman–Crippen MR) is 63.7 cm³/mol. The largest absolute Gasteiger partial charge is 0.481 e. The first-order chi connectivity index (χ1) is 7.27. The molecule has 0 bridgehead atoms. The van der Waals surface area contributed by atoms with Gasteiger partial charge in [-0.3, -0.25) is 4.79 Å². The maximum Gasteiger partial charge on any atom is 0.303 e. The average Bonchev–Trinajstić information content (AvgIpc) is 2.32. The molecule has 0 aromatic heterocycles. The van der Waals surface area contributed by atoms with Gasteiger partial charge in [0.1, 0.15) is 0 Å². The minimum Gasteiger partial charge on any atom is -0.481 e. The molecule has 0 atom stereocenters. The summed E-state index contributed by atoms with van der Waals surface area (Å²) in [4.78, 5) is 9.70. The van der Waals surface area contributed by atoms with Gasteiger partial charge in [-0.15, -0.1) is 0 Å². The summed E-state index contributed by atoms with van der Waals surface area (Å²) in [6.45, 7) is 4.46. The van der Waals surface area contributed by atoms with Crippen molar-refractivity contribution in [3.05, 3.63) is 36.4 Å². The second-order valence-corrected chi connectivity index (χ2v) is 2.44. The average molecular weight is 211 g/mol. The molecule has 0 radical (unpaired) electrons. The lowest BCUT2D eigenvalue weighted by Gasteiger charge is -1.86. The van der Waals surface area contributed by atoms with Crippen molar-refractivity contribution >= 4 is 5.97 Å². The van der Waals surface area contributed by atoms with Crippen LogP contribution in [0.25, 0.3) is 0 Å². The smallest absolute Gasteiger partial charge is 0.303 e. The Hall–Kier alpha value is -1.35. The van der Waals surface area contributed by atoms with E-state index in [1.165, 1.54) is 0 Å². The van der Waals surface area contributed by atoms with E-state index < -0.39 is 5.97 Å². The Morgan fingerprint density at radius 1 is 1.07 bits per heavy atom. The third kappa shape index (κ3) is 19.2. The molecule has 0 heterocycles. The lowest BCUT2D eigenvalue weighted by molar-refractivity contribution is -0.137. The summed E-state index contributed by atoms with van der Waals surface area (Å²) < 4.78 is 0. The Kier molecular flexibility index (Phi) is 16.2. The van der Waals surface area contributed by atoms with E-state index in [-0.39, 0.29) is 6.42 Å². The molecule has 0 aliphatic heterocycles. The SMILES string of the molecule is CC.NCCCC(=O)O.c1ccccc1. The highest BCUT2D eigenvalue weighted by Crippen LogP contribution is 1.82. The monoisotopic (exact) mass is 211 g/mol. The highest BCUT2D eigenvalue weighted by Gasteiger charge is 1.91. The van der Waals surface area contributed by atoms with Crippen molar-refractivity contribution in [1.82, 2.24) is 0 Å². The molecule has 0 amide bonds. The Morgan fingerprint density at radius 2 is 1.40 bits per heavy atom. The van der Waals surface area contributed by atoms with E-state index in [0.717, 1.165) is 0 Å².